The molecule has 0 fully saturated rings. The molecule has 1 aromatic heterocycles. The molecule has 0 aliphatic heterocycles. The Balaban J connectivity index is 2.27. The van der Waals surface area contributed by atoms with Crippen LogP contribution in [-0.2, 0) is 6.54 Å². The van der Waals surface area contributed by atoms with E-state index in [2.05, 4.69) is 41.5 Å². The van der Waals surface area contributed by atoms with E-state index < -0.39 is 0 Å². The largest absolute Gasteiger partial charge is 0.372 e. The van der Waals surface area contributed by atoms with Gasteiger partial charge in [0.25, 0.3) is 0 Å². The van der Waals surface area contributed by atoms with E-state index in [0.29, 0.717) is 21.7 Å². The number of benzene rings is 1. The summed E-state index contributed by atoms with van der Waals surface area (Å²) in [6.45, 7) is 2.81. The molecule has 0 saturated carbocycles. The highest BCUT2D eigenvalue weighted by molar-refractivity contribution is 6.37. The van der Waals surface area contributed by atoms with Crippen LogP contribution in [0, 0.1) is 6.92 Å². The summed E-state index contributed by atoms with van der Waals surface area (Å²) in [5.41, 5.74) is 2.45. The number of halogens is 2. The van der Waals surface area contributed by atoms with Crippen LogP contribution in [0.5, 0.6) is 0 Å². The van der Waals surface area contributed by atoms with E-state index in [1.807, 2.05) is 11.9 Å². The van der Waals surface area contributed by atoms with E-state index in [1.54, 1.807) is 13.1 Å². The van der Waals surface area contributed by atoms with Crippen LogP contribution in [0.4, 0.5) is 11.6 Å². The lowest BCUT2D eigenvalue weighted by Gasteiger charge is -2.21. The van der Waals surface area contributed by atoms with Gasteiger partial charge in [0.1, 0.15) is 11.6 Å². The van der Waals surface area contributed by atoms with Crippen molar-refractivity contribution in [2.45, 2.75) is 13.5 Å². The summed E-state index contributed by atoms with van der Waals surface area (Å²) in [4.78, 5) is 6.47. The van der Waals surface area contributed by atoms with Crippen molar-refractivity contribution >= 4 is 34.8 Å². The van der Waals surface area contributed by atoms with Gasteiger partial charge in [-0.1, -0.05) is 53.0 Å². The standard InChI is InChI=1S/C15H17Cl2N3/c1-10-5-4-6-11(7-10)9-20(3)15-13(17)8-12(16)14(18-2)19-15/h4-8H,9H2,1-3H3,(H,18,19). The predicted molar refractivity (Wildman–Crippen MR) is 87.1 cm³/mol. The summed E-state index contributed by atoms with van der Waals surface area (Å²) in [5, 5.41) is 4.03. The van der Waals surface area contributed by atoms with Crippen molar-refractivity contribution in [2.24, 2.45) is 0 Å². The molecule has 1 aromatic carbocycles. The SMILES string of the molecule is CNc1nc(N(C)Cc2cccc(C)c2)c(Cl)cc1Cl. The molecule has 2 rings (SSSR count). The Morgan fingerprint density at radius 3 is 2.60 bits per heavy atom. The number of nitrogens with zero attached hydrogens (tertiary/aromatic N) is 2. The van der Waals surface area contributed by atoms with Gasteiger partial charge in [-0.15, -0.1) is 0 Å². The maximum Gasteiger partial charge on any atom is 0.149 e. The van der Waals surface area contributed by atoms with Crippen molar-refractivity contribution in [1.29, 1.82) is 0 Å². The lowest BCUT2D eigenvalue weighted by atomic mass is 10.1. The van der Waals surface area contributed by atoms with Crippen LogP contribution < -0.4 is 10.2 Å². The average Bonchev–Trinajstić information content (AvgIpc) is 2.38. The Morgan fingerprint density at radius 1 is 1.20 bits per heavy atom. The van der Waals surface area contributed by atoms with Crippen LogP contribution in [0.1, 0.15) is 11.1 Å². The third kappa shape index (κ3) is 3.35. The van der Waals surface area contributed by atoms with Crippen molar-refractivity contribution in [3.63, 3.8) is 0 Å². The Morgan fingerprint density at radius 2 is 1.95 bits per heavy atom. The van der Waals surface area contributed by atoms with Crippen LogP contribution in [0.2, 0.25) is 10.0 Å². The Bertz CT molecular complexity index is 614. The van der Waals surface area contributed by atoms with Gasteiger partial charge in [-0.25, -0.2) is 4.98 Å². The second kappa shape index (κ2) is 6.33. The highest BCUT2D eigenvalue weighted by Gasteiger charge is 2.12. The molecular formula is C15H17Cl2N3. The zero-order valence-electron chi connectivity index (χ0n) is 11.7. The number of rotatable bonds is 4. The monoisotopic (exact) mass is 309 g/mol. The Hall–Kier alpha value is -1.45. The third-order valence-corrected chi connectivity index (χ3v) is 3.58. The summed E-state index contributed by atoms with van der Waals surface area (Å²) < 4.78 is 0. The molecule has 1 heterocycles. The second-order valence-electron chi connectivity index (χ2n) is 4.72. The second-order valence-corrected chi connectivity index (χ2v) is 5.53. The van der Waals surface area contributed by atoms with E-state index in [1.165, 1.54) is 11.1 Å². The predicted octanol–water partition coefficient (Wildman–Crippen LogP) is 4.37. The Kier molecular flexibility index (Phi) is 4.73. The van der Waals surface area contributed by atoms with Gasteiger partial charge in [0.15, 0.2) is 0 Å². The van der Waals surface area contributed by atoms with Gasteiger partial charge in [-0.3, -0.25) is 0 Å². The third-order valence-electron chi connectivity index (χ3n) is 3.01. The van der Waals surface area contributed by atoms with Crippen LogP contribution in [0.15, 0.2) is 30.3 Å². The normalized spacial score (nSPS) is 10.4. The maximum absolute atomic E-state index is 6.23. The van der Waals surface area contributed by atoms with E-state index >= 15 is 0 Å². The molecule has 0 aliphatic carbocycles. The van der Waals surface area contributed by atoms with Crippen molar-refractivity contribution in [1.82, 2.24) is 4.98 Å². The molecule has 0 bridgehead atoms. The fourth-order valence-corrected chi connectivity index (χ4v) is 2.66. The molecule has 0 unspecified atom stereocenters. The molecule has 0 saturated heterocycles. The molecule has 3 nitrogen and oxygen atoms in total. The van der Waals surface area contributed by atoms with Crippen molar-refractivity contribution in [3.05, 3.63) is 51.5 Å². The van der Waals surface area contributed by atoms with Crippen molar-refractivity contribution in [3.8, 4) is 0 Å². The minimum atomic E-state index is 0.519. The number of aryl methyl sites for hydroxylation is 1. The minimum absolute atomic E-state index is 0.519. The average molecular weight is 310 g/mol. The summed E-state index contributed by atoms with van der Waals surface area (Å²) in [6, 6.07) is 10.1. The highest BCUT2D eigenvalue weighted by atomic mass is 35.5. The smallest absolute Gasteiger partial charge is 0.149 e. The summed E-state index contributed by atoms with van der Waals surface area (Å²) in [5.74, 6) is 1.34. The van der Waals surface area contributed by atoms with Gasteiger partial charge in [0.2, 0.25) is 0 Å². The van der Waals surface area contributed by atoms with Crippen LogP contribution >= 0.6 is 23.2 Å². The summed E-state index contributed by atoms with van der Waals surface area (Å²) in [7, 11) is 3.75. The van der Waals surface area contributed by atoms with Crippen LogP contribution in [0.3, 0.4) is 0 Å². The number of hydrogen-bond acceptors (Lipinski definition) is 3. The van der Waals surface area contributed by atoms with Gasteiger partial charge in [-0.2, -0.15) is 0 Å². The lowest BCUT2D eigenvalue weighted by molar-refractivity contribution is 0.897. The number of aromatic nitrogens is 1. The molecule has 0 aliphatic rings. The minimum Gasteiger partial charge on any atom is -0.372 e. The first-order valence-electron chi connectivity index (χ1n) is 6.31. The molecule has 0 amide bonds. The van der Waals surface area contributed by atoms with Crippen molar-refractivity contribution in [2.75, 3.05) is 24.3 Å². The molecule has 2 aromatic rings. The number of anilines is 2. The number of pyridine rings is 1. The zero-order valence-corrected chi connectivity index (χ0v) is 13.3. The Labute approximate surface area is 129 Å². The zero-order chi connectivity index (χ0) is 14.7. The molecule has 1 N–H and O–H groups in total. The maximum atomic E-state index is 6.23. The van der Waals surface area contributed by atoms with E-state index in [9.17, 15) is 0 Å². The molecule has 0 atom stereocenters. The molecule has 0 radical (unpaired) electrons. The number of hydrogen-bond donors (Lipinski definition) is 1. The van der Waals surface area contributed by atoms with Crippen molar-refractivity contribution < 1.29 is 0 Å². The molecule has 0 spiro atoms. The van der Waals surface area contributed by atoms with Crippen LogP contribution in [0.25, 0.3) is 0 Å². The molecule has 106 valence electrons. The van der Waals surface area contributed by atoms with Gasteiger partial charge >= 0.3 is 0 Å². The van der Waals surface area contributed by atoms with E-state index in [4.69, 9.17) is 23.2 Å². The molecular weight excluding hydrogens is 293 g/mol. The summed E-state index contributed by atoms with van der Waals surface area (Å²) >= 11 is 12.3. The van der Waals surface area contributed by atoms with Gasteiger partial charge in [-0.05, 0) is 18.6 Å². The quantitative estimate of drug-likeness (QED) is 0.908. The fourth-order valence-electron chi connectivity index (χ4n) is 2.06. The first kappa shape index (κ1) is 14.9. The first-order chi connectivity index (χ1) is 9.51. The highest BCUT2D eigenvalue weighted by Crippen LogP contribution is 2.31. The molecule has 20 heavy (non-hydrogen) atoms. The van der Waals surface area contributed by atoms with Gasteiger partial charge in [0.05, 0.1) is 10.0 Å². The summed E-state index contributed by atoms with van der Waals surface area (Å²) in [6.07, 6.45) is 0. The topological polar surface area (TPSA) is 28.2 Å². The van der Waals surface area contributed by atoms with E-state index in [0.717, 1.165) is 6.54 Å². The van der Waals surface area contributed by atoms with E-state index in [-0.39, 0.29) is 0 Å². The lowest BCUT2D eigenvalue weighted by Crippen LogP contribution is -2.18. The van der Waals surface area contributed by atoms with Crippen LogP contribution in [-0.4, -0.2) is 19.1 Å². The fraction of sp³-hybridized carbons (Fsp3) is 0.267. The molecule has 5 heteroatoms. The number of nitrogens with one attached hydrogen (secondary N) is 1. The van der Waals surface area contributed by atoms with Gasteiger partial charge in [0, 0.05) is 20.6 Å². The van der Waals surface area contributed by atoms with Gasteiger partial charge < -0.3 is 10.2 Å². The first-order valence-corrected chi connectivity index (χ1v) is 7.07.